The SMILES string of the molecule is O=C(c1ccnc(Cl)c1)N1CCN(Cc2ccco2)CC1. The molecular weight excluding hydrogens is 290 g/mol. The topological polar surface area (TPSA) is 49.6 Å². The Hall–Kier alpha value is -1.85. The van der Waals surface area contributed by atoms with Crippen LogP contribution in [0.5, 0.6) is 0 Å². The fraction of sp³-hybridized carbons (Fsp3) is 0.333. The Morgan fingerprint density at radius 2 is 2.10 bits per heavy atom. The molecule has 0 radical (unpaired) electrons. The lowest BCUT2D eigenvalue weighted by Gasteiger charge is -2.34. The number of hydrogen-bond acceptors (Lipinski definition) is 4. The van der Waals surface area contributed by atoms with E-state index in [1.807, 2.05) is 17.0 Å². The molecule has 1 saturated heterocycles. The molecule has 1 fully saturated rings. The van der Waals surface area contributed by atoms with Crippen LogP contribution in [0.3, 0.4) is 0 Å². The van der Waals surface area contributed by atoms with Gasteiger partial charge >= 0.3 is 0 Å². The molecule has 6 heteroatoms. The Kier molecular flexibility index (Phi) is 4.22. The van der Waals surface area contributed by atoms with Crippen LogP contribution in [0.4, 0.5) is 0 Å². The molecule has 0 N–H and O–H groups in total. The van der Waals surface area contributed by atoms with E-state index < -0.39 is 0 Å². The number of piperazine rings is 1. The van der Waals surface area contributed by atoms with Crippen LogP contribution in [0.2, 0.25) is 5.15 Å². The first-order chi connectivity index (χ1) is 10.2. The van der Waals surface area contributed by atoms with E-state index >= 15 is 0 Å². The summed E-state index contributed by atoms with van der Waals surface area (Å²) in [6.07, 6.45) is 3.24. The summed E-state index contributed by atoms with van der Waals surface area (Å²) in [5.74, 6) is 0.965. The van der Waals surface area contributed by atoms with E-state index in [0.29, 0.717) is 23.8 Å². The van der Waals surface area contributed by atoms with Crippen LogP contribution in [0.15, 0.2) is 41.1 Å². The van der Waals surface area contributed by atoms with Gasteiger partial charge in [-0.2, -0.15) is 0 Å². The minimum Gasteiger partial charge on any atom is -0.468 e. The maximum Gasteiger partial charge on any atom is 0.254 e. The number of carbonyl (C=O) groups excluding carboxylic acids is 1. The summed E-state index contributed by atoms with van der Waals surface area (Å²) in [6.45, 7) is 3.88. The van der Waals surface area contributed by atoms with E-state index in [1.165, 1.54) is 0 Å². The van der Waals surface area contributed by atoms with Crippen molar-refractivity contribution >= 4 is 17.5 Å². The number of carbonyl (C=O) groups is 1. The lowest BCUT2D eigenvalue weighted by atomic mass is 10.2. The van der Waals surface area contributed by atoms with Gasteiger partial charge in [-0.1, -0.05) is 11.6 Å². The predicted octanol–water partition coefficient (Wildman–Crippen LogP) is 2.29. The standard InChI is InChI=1S/C15H16ClN3O2/c16-14-10-12(3-4-17-14)15(20)19-7-5-18(6-8-19)11-13-2-1-9-21-13/h1-4,9-10H,5-8,11H2. The molecule has 0 bridgehead atoms. The van der Waals surface area contributed by atoms with Crippen LogP contribution in [0.25, 0.3) is 0 Å². The van der Waals surface area contributed by atoms with Gasteiger partial charge in [-0.15, -0.1) is 0 Å². The maximum atomic E-state index is 12.4. The van der Waals surface area contributed by atoms with Crippen molar-refractivity contribution in [1.82, 2.24) is 14.8 Å². The van der Waals surface area contributed by atoms with Gasteiger partial charge in [-0.05, 0) is 24.3 Å². The monoisotopic (exact) mass is 305 g/mol. The molecule has 5 nitrogen and oxygen atoms in total. The van der Waals surface area contributed by atoms with Gasteiger partial charge in [0, 0.05) is 37.9 Å². The molecule has 0 unspecified atom stereocenters. The number of pyridine rings is 1. The molecule has 1 aliphatic rings. The number of furan rings is 1. The van der Waals surface area contributed by atoms with Crippen molar-refractivity contribution in [3.8, 4) is 0 Å². The fourth-order valence-corrected chi connectivity index (χ4v) is 2.62. The first-order valence-corrected chi connectivity index (χ1v) is 7.26. The molecule has 0 aliphatic carbocycles. The molecule has 0 spiro atoms. The lowest BCUT2D eigenvalue weighted by Crippen LogP contribution is -2.48. The number of nitrogens with zero attached hydrogens (tertiary/aromatic N) is 3. The first-order valence-electron chi connectivity index (χ1n) is 6.88. The van der Waals surface area contributed by atoms with Crippen LogP contribution >= 0.6 is 11.6 Å². The van der Waals surface area contributed by atoms with Gasteiger partial charge in [-0.3, -0.25) is 9.69 Å². The molecule has 1 aliphatic heterocycles. The maximum absolute atomic E-state index is 12.4. The van der Waals surface area contributed by atoms with Gasteiger partial charge in [0.05, 0.1) is 12.8 Å². The first kappa shape index (κ1) is 14.1. The lowest BCUT2D eigenvalue weighted by molar-refractivity contribution is 0.0620. The third-order valence-corrected chi connectivity index (χ3v) is 3.80. The van der Waals surface area contributed by atoms with Gasteiger partial charge in [-0.25, -0.2) is 4.98 Å². The molecule has 21 heavy (non-hydrogen) atoms. The van der Waals surface area contributed by atoms with Crippen molar-refractivity contribution in [3.63, 3.8) is 0 Å². The second-order valence-electron chi connectivity index (χ2n) is 5.01. The van der Waals surface area contributed by atoms with Crippen molar-refractivity contribution in [1.29, 1.82) is 0 Å². The van der Waals surface area contributed by atoms with Crippen LogP contribution in [0.1, 0.15) is 16.1 Å². The highest BCUT2D eigenvalue weighted by Gasteiger charge is 2.22. The number of amides is 1. The van der Waals surface area contributed by atoms with Crippen LogP contribution in [0, 0.1) is 0 Å². The predicted molar refractivity (Wildman–Crippen MR) is 79.1 cm³/mol. The number of hydrogen-bond donors (Lipinski definition) is 0. The van der Waals surface area contributed by atoms with Crippen molar-refractivity contribution in [2.24, 2.45) is 0 Å². The summed E-state index contributed by atoms with van der Waals surface area (Å²) in [4.78, 5) is 20.4. The molecule has 3 rings (SSSR count). The highest BCUT2D eigenvalue weighted by atomic mass is 35.5. The minimum atomic E-state index is 0.0111. The van der Waals surface area contributed by atoms with E-state index in [1.54, 1.807) is 24.6 Å². The Balaban J connectivity index is 1.57. The molecule has 3 heterocycles. The van der Waals surface area contributed by atoms with Crippen LogP contribution in [-0.4, -0.2) is 46.9 Å². The van der Waals surface area contributed by atoms with Gasteiger partial charge in [0.25, 0.3) is 5.91 Å². The van der Waals surface area contributed by atoms with Crippen LogP contribution in [-0.2, 0) is 6.54 Å². The zero-order valence-electron chi connectivity index (χ0n) is 11.5. The zero-order chi connectivity index (χ0) is 14.7. The molecule has 0 aromatic carbocycles. The average molecular weight is 306 g/mol. The van der Waals surface area contributed by atoms with Crippen molar-refractivity contribution in [2.75, 3.05) is 26.2 Å². The Labute approximate surface area is 128 Å². The van der Waals surface area contributed by atoms with Crippen molar-refractivity contribution in [3.05, 3.63) is 53.2 Å². The fourth-order valence-electron chi connectivity index (χ4n) is 2.45. The van der Waals surface area contributed by atoms with E-state index in [-0.39, 0.29) is 5.91 Å². The Bertz CT molecular complexity index is 607. The van der Waals surface area contributed by atoms with E-state index in [4.69, 9.17) is 16.0 Å². The second-order valence-corrected chi connectivity index (χ2v) is 5.40. The van der Waals surface area contributed by atoms with Gasteiger partial charge < -0.3 is 9.32 Å². The summed E-state index contributed by atoms with van der Waals surface area (Å²) in [5.41, 5.74) is 0.592. The van der Waals surface area contributed by atoms with Gasteiger partial charge in [0.2, 0.25) is 0 Å². The van der Waals surface area contributed by atoms with Gasteiger partial charge in [0.1, 0.15) is 10.9 Å². The third kappa shape index (κ3) is 3.43. The molecule has 2 aromatic heterocycles. The summed E-state index contributed by atoms with van der Waals surface area (Å²) in [6, 6.07) is 7.17. The van der Waals surface area contributed by atoms with E-state index in [9.17, 15) is 4.79 Å². The normalized spacial score (nSPS) is 16.1. The van der Waals surface area contributed by atoms with Crippen molar-refractivity contribution in [2.45, 2.75) is 6.54 Å². The molecule has 2 aromatic rings. The number of halogens is 1. The van der Waals surface area contributed by atoms with Crippen molar-refractivity contribution < 1.29 is 9.21 Å². The summed E-state index contributed by atoms with van der Waals surface area (Å²) in [7, 11) is 0. The Morgan fingerprint density at radius 1 is 1.29 bits per heavy atom. The largest absolute Gasteiger partial charge is 0.468 e. The molecular formula is C15H16ClN3O2. The highest BCUT2D eigenvalue weighted by Crippen LogP contribution is 2.13. The average Bonchev–Trinajstić information content (AvgIpc) is 3.00. The molecule has 0 saturated carbocycles. The highest BCUT2D eigenvalue weighted by molar-refractivity contribution is 6.29. The zero-order valence-corrected chi connectivity index (χ0v) is 12.3. The Morgan fingerprint density at radius 3 is 2.76 bits per heavy atom. The molecule has 110 valence electrons. The summed E-state index contributed by atoms with van der Waals surface area (Å²) in [5, 5.41) is 0.345. The second kappa shape index (κ2) is 6.28. The number of rotatable bonds is 3. The molecule has 0 atom stereocenters. The minimum absolute atomic E-state index is 0.0111. The summed E-state index contributed by atoms with van der Waals surface area (Å²) < 4.78 is 5.35. The van der Waals surface area contributed by atoms with E-state index in [0.717, 1.165) is 25.4 Å². The summed E-state index contributed by atoms with van der Waals surface area (Å²) >= 11 is 5.83. The van der Waals surface area contributed by atoms with Gasteiger partial charge in [0.15, 0.2) is 0 Å². The van der Waals surface area contributed by atoms with Crippen LogP contribution < -0.4 is 0 Å². The quantitative estimate of drug-likeness (QED) is 0.816. The van der Waals surface area contributed by atoms with E-state index in [2.05, 4.69) is 9.88 Å². The molecule has 1 amide bonds. The smallest absolute Gasteiger partial charge is 0.254 e. The third-order valence-electron chi connectivity index (χ3n) is 3.59. The number of aromatic nitrogens is 1.